The summed E-state index contributed by atoms with van der Waals surface area (Å²) in [6.45, 7) is 0. The van der Waals surface area contributed by atoms with Crippen molar-refractivity contribution in [3.05, 3.63) is 60.2 Å². The Bertz CT molecular complexity index is 767. The molecule has 3 rings (SSSR count). The van der Waals surface area contributed by atoms with Gasteiger partial charge >= 0.3 is 0 Å². The maximum Gasteiger partial charge on any atom is 0.228 e. The van der Waals surface area contributed by atoms with Crippen LogP contribution in [0.25, 0.3) is 11.1 Å². The lowest BCUT2D eigenvalue weighted by molar-refractivity contribution is -0.115. The number of amides is 1. The Kier molecular flexibility index (Phi) is 3.16. The predicted octanol–water partition coefficient (Wildman–Crippen LogP) is 3.15. The third-order valence-corrected chi connectivity index (χ3v) is 2.87. The van der Waals surface area contributed by atoms with Gasteiger partial charge < -0.3 is 9.73 Å². The molecule has 4 nitrogen and oxygen atoms in total. The number of rotatable bonds is 3. The molecule has 1 aromatic heterocycles. The minimum Gasteiger partial charge on any atom is -0.443 e. The van der Waals surface area contributed by atoms with Gasteiger partial charge in [0, 0.05) is 11.8 Å². The molecule has 0 aliphatic carbocycles. The smallest absolute Gasteiger partial charge is 0.228 e. The third kappa shape index (κ3) is 2.66. The quantitative estimate of drug-likeness (QED) is 0.795. The summed E-state index contributed by atoms with van der Waals surface area (Å²) in [5.41, 5.74) is 2.58. The first-order chi connectivity index (χ1) is 9.70. The summed E-state index contributed by atoms with van der Waals surface area (Å²) in [4.78, 5) is 15.9. The van der Waals surface area contributed by atoms with E-state index in [0.29, 0.717) is 16.8 Å². The fourth-order valence-electron chi connectivity index (χ4n) is 1.97. The molecule has 0 radical (unpaired) electrons. The molecule has 0 spiro atoms. The summed E-state index contributed by atoms with van der Waals surface area (Å²) in [6.07, 6.45) is 1.47. The molecule has 0 unspecified atom stereocenters. The number of oxazole rings is 1. The lowest BCUT2D eigenvalue weighted by atomic mass is 10.1. The topological polar surface area (TPSA) is 55.1 Å². The van der Waals surface area contributed by atoms with Crippen molar-refractivity contribution in [1.82, 2.24) is 4.98 Å². The number of anilines is 1. The van der Waals surface area contributed by atoms with E-state index in [1.165, 1.54) is 18.5 Å². The first kappa shape index (κ1) is 12.3. The molecular formula is C15H11FN2O2. The zero-order valence-electron chi connectivity index (χ0n) is 10.5. The Hall–Kier alpha value is -2.69. The SMILES string of the molecule is O=C(Cc1cccc(F)c1)Nc1ccc2ncoc2c1. The van der Waals surface area contributed by atoms with E-state index in [1.54, 1.807) is 30.3 Å². The Morgan fingerprint density at radius 2 is 2.15 bits per heavy atom. The van der Waals surface area contributed by atoms with Gasteiger partial charge in [0.15, 0.2) is 12.0 Å². The van der Waals surface area contributed by atoms with Crippen molar-refractivity contribution < 1.29 is 13.6 Å². The van der Waals surface area contributed by atoms with Gasteiger partial charge in [-0.2, -0.15) is 0 Å². The van der Waals surface area contributed by atoms with Crippen molar-refractivity contribution in [1.29, 1.82) is 0 Å². The van der Waals surface area contributed by atoms with Crippen molar-refractivity contribution in [2.24, 2.45) is 0 Å². The summed E-state index contributed by atoms with van der Waals surface area (Å²) >= 11 is 0. The molecule has 0 aliphatic rings. The van der Waals surface area contributed by atoms with Crippen molar-refractivity contribution in [3.63, 3.8) is 0 Å². The first-order valence-electron chi connectivity index (χ1n) is 6.08. The number of nitrogens with one attached hydrogen (secondary N) is 1. The highest BCUT2D eigenvalue weighted by molar-refractivity contribution is 5.93. The predicted molar refractivity (Wildman–Crippen MR) is 72.7 cm³/mol. The number of benzene rings is 2. The average Bonchev–Trinajstić information content (AvgIpc) is 2.86. The number of halogens is 1. The Balaban J connectivity index is 1.72. The summed E-state index contributed by atoms with van der Waals surface area (Å²) < 4.78 is 18.2. The molecule has 2 aromatic carbocycles. The van der Waals surface area contributed by atoms with Crippen LogP contribution in [0, 0.1) is 5.82 Å². The second-order valence-electron chi connectivity index (χ2n) is 4.39. The van der Waals surface area contributed by atoms with Gasteiger partial charge in [-0.05, 0) is 29.8 Å². The second kappa shape index (κ2) is 5.13. The van der Waals surface area contributed by atoms with Crippen molar-refractivity contribution in [3.8, 4) is 0 Å². The van der Waals surface area contributed by atoms with E-state index < -0.39 is 0 Å². The molecule has 20 heavy (non-hydrogen) atoms. The second-order valence-corrected chi connectivity index (χ2v) is 4.39. The minimum absolute atomic E-state index is 0.117. The number of carbonyl (C=O) groups is 1. The van der Waals surface area contributed by atoms with Gasteiger partial charge in [0.2, 0.25) is 5.91 Å². The molecule has 0 aliphatic heterocycles. The van der Waals surface area contributed by atoms with Crippen LogP contribution in [0.4, 0.5) is 10.1 Å². The summed E-state index contributed by atoms with van der Waals surface area (Å²) in [5.74, 6) is -0.562. The number of carbonyl (C=O) groups excluding carboxylic acids is 1. The third-order valence-electron chi connectivity index (χ3n) is 2.87. The van der Waals surface area contributed by atoms with Crippen LogP contribution in [0.1, 0.15) is 5.56 Å². The molecular weight excluding hydrogens is 259 g/mol. The van der Waals surface area contributed by atoms with Gasteiger partial charge in [0.25, 0.3) is 0 Å². The zero-order chi connectivity index (χ0) is 13.9. The van der Waals surface area contributed by atoms with E-state index in [0.717, 1.165) is 5.52 Å². The van der Waals surface area contributed by atoms with Gasteiger partial charge in [-0.3, -0.25) is 4.79 Å². The van der Waals surface area contributed by atoms with Crippen LogP contribution in [-0.4, -0.2) is 10.9 Å². The van der Waals surface area contributed by atoms with Crippen LogP contribution in [-0.2, 0) is 11.2 Å². The van der Waals surface area contributed by atoms with E-state index >= 15 is 0 Å². The van der Waals surface area contributed by atoms with Gasteiger partial charge in [0.1, 0.15) is 11.3 Å². The average molecular weight is 270 g/mol. The summed E-state index contributed by atoms with van der Waals surface area (Å²) in [5, 5.41) is 2.74. The van der Waals surface area contributed by atoms with E-state index in [-0.39, 0.29) is 18.1 Å². The van der Waals surface area contributed by atoms with Crippen LogP contribution in [0.3, 0.4) is 0 Å². The molecule has 0 saturated heterocycles. The van der Waals surface area contributed by atoms with Crippen molar-refractivity contribution in [2.75, 3.05) is 5.32 Å². The molecule has 0 atom stereocenters. The number of hydrogen-bond donors (Lipinski definition) is 1. The van der Waals surface area contributed by atoms with E-state index in [1.807, 2.05) is 0 Å². The molecule has 1 amide bonds. The molecule has 0 saturated carbocycles. The van der Waals surface area contributed by atoms with Crippen LogP contribution < -0.4 is 5.32 Å². The van der Waals surface area contributed by atoms with Crippen LogP contribution >= 0.6 is 0 Å². The van der Waals surface area contributed by atoms with Crippen molar-refractivity contribution >= 4 is 22.7 Å². The first-order valence-corrected chi connectivity index (χ1v) is 6.08. The number of hydrogen-bond acceptors (Lipinski definition) is 3. The molecule has 5 heteroatoms. The fraction of sp³-hybridized carbons (Fsp3) is 0.0667. The van der Waals surface area contributed by atoms with Crippen LogP contribution in [0.5, 0.6) is 0 Å². The molecule has 0 fully saturated rings. The Morgan fingerprint density at radius 1 is 1.25 bits per heavy atom. The standard InChI is InChI=1S/C15H11FN2O2/c16-11-3-1-2-10(6-11)7-15(19)18-12-4-5-13-14(8-12)20-9-17-13/h1-6,8-9H,7H2,(H,18,19). The molecule has 100 valence electrons. The van der Waals surface area contributed by atoms with Crippen molar-refractivity contribution in [2.45, 2.75) is 6.42 Å². The van der Waals surface area contributed by atoms with E-state index in [9.17, 15) is 9.18 Å². The molecule has 0 bridgehead atoms. The number of nitrogens with zero attached hydrogens (tertiary/aromatic N) is 1. The van der Waals surface area contributed by atoms with Gasteiger partial charge in [-0.25, -0.2) is 9.37 Å². The largest absolute Gasteiger partial charge is 0.443 e. The van der Waals surface area contributed by atoms with Crippen LogP contribution in [0.15, 0.2) is 53.3 Å². The normalized spacial score (nSPS) is 10.7. The highest BCUT2D eigenvalue weighted by Crippen LogP contribution is 2.18. The number of aromatic nitrogens is 1. The Morgan fingerprint density at radius 3 is 3.00 bits per heavy atom. The monoisotopic (exact) mass is 270 g/mol. The zero-order valence-corrected chi connectivity index (χ0v) is 10.5. The van der Waals surface area contributed by atoms with Gasteiger partial charge in [-0.15, -0.1) is 0 Å². The molecule has 1 N–H and O–H groups in total. The highest BCUT2D eigenvalue weighted by atomic mass is 19.1. The fourth-order valence-corrected chi connectivity index (χ4v) is 1.97. The number of fused-ring (bicyclic) bond motifs is 1. The van der Waals surface area contributed by atoms with E-state index in [2.05, 4.69) is 10.3 Å². The molecule has 1 heterocycles. The highest BCUT2D eigenvalue weighted by Gasteiger charge is 2.06. The molecule has 3 aromatic rings. The minimum atomic E-state index is -0.349. The van der Waals surface area contributed by atoms with Crippen LogP contribution in [0.2, 0.25) is 0 Å². The van der Waals surface area contributed by atoms with Gasteiger partial charge in [-0.1, -0.05) is 12.1 Å². The van der Waals surface area contributed by atoms with Gasteiger partial charge in [0.05, 0.1) is 6.42 Å². The Labute approximate surface area is 114 Å². The van der Waals surface area contributed by atoms with E-state index in [4.69, 9.17) is 4.42 Å². The summed E-state index contributed by atoms with van der Waals surface area (Å²) in [6, 6.07) is 11.2. The lowest BCUT2D eigenvalue weighted by Gasteiger charge is -2.05. The maximum atomic E-state index is 13.0. The summed E-state index contributed by atoms with van der Waals surface area (Å²) in [7, 11) is 0. The lowest BCUT2D eigenvalue weighted by Crippen LogP contribution is -2.14. The maximum absolute atomic E-state index is 13.0.